The number of carboxylic acid groups (broad SMARTS) is 1. The van der Waals surface area contributed by atoms with Crippen LogP contribution in [0.2, 0.25) is 0 Å². The Labute approximate surface area is 170 Å². The number of pyridine rings is 1. The lowest BCUT2D eigenvalue weighted by Gasteiger charge is -2.32. The summed E-state index contributed by atoms with van der Waals surface area (Å²) in [4.78, 5) is 27.7. The van der Waals surface area contributed by atoms with Crippen LogP contribution in [0.25, 0.3) is 0 Å². The Balaban J connectivity index is 1.67. The van der Waals surface area contributed by atoms with Gasteiger partial charge in [0.15, 0.2) is 0 Å². The molecule has 1 aromatic heterocycles. The normalized spacial score (nSPS) is 18.3. The number of nitrogens with zero attached hydrogens (tertiary/aromatic N) is 1. The molecule has 0 radical (unpaired) electrons. The van der Waals surface area contributed by atoms with Crippen LogP contribution >= 0.6 is 0 Å². The predicted octanol–water partition coefficient (Wildman–Crippen LogP) is 1.81. The molecule has 0 spiro atoms. The highest BCUT2D eigenvalue weighted by atomic mass is 16.7. The standard InChI is InChI=1S/C21H25BN2O5/c1-20(2)21(3,4)29-22(28-20)16-9-7-14(8-10-16)12-17(19(26)27)24-18(25)15-6-5-11-23-13-15/h5-11,13,17H,12H2,1-4H3,(H,24,25)(H,26,27)/t17-/m0/s1. The Morgan fingerprint density at radius 3 is 2.24 bits per heavy atom. The van der Waals surface area contributed by atoms with Crippen LogP contribution in [0.1, 0.15) is 43.6 Å². The van der Waals surface area contributed by atoms with Gasteiger partial charge >= 0.3 is 13.1 Å². The van der Waals surface area contributed by atoms with E-state index in [1.807, 2.05) is 52.0 Å². The van der Waals surface area contributed by atoms with Crippen molar-refractivity contribution in [3.8, 4) is 0 Å². The van der Waals surface area contributed by atoms with Crippen LogP contribution in [0.3, 0.4) is 0 Å². The number of amides is 1. The maximum Gasteiger partial charge on any atom is 0.494 e. The summed E-state index contributed by atoms with van der Waals surface area (Å²) in [5, 5.41) is 12.0. The molecular formula is C21H25BN2O5. The second kappa shape index (κ2) is 7.97. The van der Waals surface area contributed by atoms with Gasteiger partial charge in [-0.25, -0.2) is 4.79 Å². The molecule has 8 heteroatoms. The van der Waals surface area contributed by atoms with Gasteiger partial charge in [0.25, 0.3) is 5.91 Å². The molecule has 7 nitrogen and oxygen atoms in total. The number of hydrogen-bond donors (Lipinski definition) is 2. The van der Waals surface area contributed by atoms with Gasteiger partial charge in [-0.3, -0.25) is 9.78 Å². The number of aromatic nitrogens is 1. The highest BCUT2D eigenvalue weighted by Gasteiger charge is 2.51. The van der Waals surface area contributed by atoms with Gasteiger partial charge in [0, 0.05) is 18.8 Å². The van der Waals surface area contributed by atoms with E-state index in [2.05, 4.69) is 10.3 Å². The Morgan fingerprint density at radius 2 is 1.72 bits per heavy atom. The molecule has 0 unspecified atom stereocenters. The summed E-state index contributed by atoms with van der Waals surface area (Å²) in [6, 6.07) is 9.53. The first-order valence-electron chi connectivity index (χ1n) is 9.47. The molecule has 152 valence electrons. The van der Waals surface area contributed by atoms with Gasteiger partial charge in [0.2, 0.25) is 0 Å². The van der Waals surface area contributed by atoms with Crippen LogP contribution in [0.5, 0.6) is 0 Å². The lowest BCUT2D eigenvalue weighted by molar-refractivity contribution is -0.139. The van der Waals surface area contributed by atoms with Crippen molar-refractivity contribution in [3.63, 3.8) is 0 Å². The summed E-state index contributed by atoms with van der Waals surface area (Å²) < 4.78 is 12.1. The third-order valence-electron chi connectivity index (χ3n) is 5.47. The minimum absolute atomic E-state index is 0.158. The molecule has 0 aliphatic carbocycles. The molecule has 1 atom stereocenters. The van der Waals surface area contributed by atoms with Crippen LogP contribution < -0.4 is 10.8 Å². The van der Waals surface area contributed by atoms with Crippen molar-refractivity contribution in [2.45, 2.75) is 51.4 Å². The topological polar surface area (TPSA) is 97.8 Å². The van der Waals surface area contributed by atoms with Crippen molar-refractivity contribution in [2.24, 2.45) is 0 Å². The molecular weight excluding hydrogens is 371 g/mol. The summed E-state index contributed by atoms with van der Waals surface area (Å²) >= 11 is 0. The fraction of sp³-hybridized carbons (Fsp3) is 0.381. The Morgan fingerprint density at radius 1 is 1.10 bits per heavy atom. The van der Waals surface area contributed by atoms with Crippen LogP contribution in [-0.2, 0) is 20.5 Å². The molecule has 1 saturated heterocycles. The van der Waals surface area contributed by atoms with Crippen molar-refractivity contribution in [1.29, 1.82) is 0 Å². The van der Waals surface area contributed by atoms with E-state index in [0.717, 1.165) is 11.0 Å². The van der Waals surface area contributed by atoms with Crippen LogP contribution in [0, 0.1) is 0 Å². The number of nitrogens with one attached hydrogen (secondary N) is 1. The molecule has 3 rings (SSSR count). The number of rotatable bonds is 6. The van der Waals surface area contributed by atoms with Crippen molar-refractivity contribution < 1.29 is 24.0 Å². The number of hydrogen-bond acceptors (Lipinski definition) is 5. The minimum Gasteiger partial charge on any atom is -0.480 e. The van der Waals surface area contributed by atoms with Gasteiger partial charge in [-0.05, 0) is 50.9 Å². The molecule has 2 aromatic rings. The van der Waals surface area contributed by atoms with Crippen molar-refractivity contribution >= 4 is 24.5 Å². The van der Waals surface area contributed by atoms with Gasteiger partial charge < -0.3 is 19.7 Å². The summed E-state index contributed by atoms with van der Waals surface area (Å²) in [6.07, 6.45) is 3.10. The average molecular weight is 396 g/mol. The van der Waals surface area contributed by atoms with E-state index in [1.165, 1.54) is 6.20 Å². The van der Waals surface area contributed by atoms with Gasteiger partial charge in [0.1, 0.15) is 6.04 Å². The second-order valence-corrected chi connectivity index (χ2v) is 8.14. The van der Waals surface area contributed by atoms with Gasteiger partial charge in [-0.1, -0.05) is 24.3 Å². The quantitative estimate of drug-likeness (QED) is 0.723. The Kier molecular flexibility index (Phi) is 5.77. The van der Waals surface area contributed by atoms with E-state index in [9.17, 15) is 14.7 Å². The fourth-order valence-corrected chi connectivity index (χ4v) is 2.96. The molecule has 1 aromatic carbocycles. The van der Waals surface area contributed by atoms with Gasteiger partial charge in [-0.2, -0.15) is 0 Å². The predicted molar refractivity (Wildman–Crippen MR) is 109 cm³/mol. The summed E-state index contributed by atoms with van der Waals surface area (Å²) in [7, 11) is -0.477. The minimum atomic E-state index is -1.10. The molecule has 1 fully saturated rings. The third-order valence-corrected chi connectivity index (χ3v) is 5.47. The molecule has 0 bridgehead atoms. The smallest absolute Gasteiger partial charge is 0.480 e. The first kappa shape index (κ1) is 21.0. The number of benzene rings is 1. The first-order chi connectivity index (χ1) is 13.6. The number of carbonyl (C=O) groups is 2. The van der Waals surface area contributed by atoms with Crippen molar-refractivity contribution in [3.05, 3.63) is 59.9 Å². The van der Waals surface area contributed by atoms with E-state index in [1.54, 1.807) is 18.3 Å². The maximum atomic E-state index is 12.3. The molecule has 1 aliphatic heterocycles. The first-order valence-corrected chi connectivity index (χ1v) is 9.47. The van der Waals surface area contributed by atoms with Crippen LogP contribution in [0.15, 0.2) is 48.8 Å². The fourth-order valence-electron chi connectivity index (χ4n) is 2.96. The average Bonchev–Trinajstić information content (AvgIpc) is 2.89. The maximum absolute atomic E-state index is 12.3. The highest BCUT2D eigenvalue weighted by Crippen LogP contribution is 2.36. The zero-order valence-electron chi connectivity index (χ0n) is 17.0. The SMILES string of the molecule is CC1(C)OB(c2ccc(C[C@H](NC(=O)c3cccnc3)C(=O)O)cc2)OC1(C)C. The van der Waals surface area contributed by atoms with E-state index in [0.29, 0.717) is 5.56 Å². The zero-order chi connectivity index (χ0) is 21.2. The lowest BCUT2D eigenvalue weighted by Crippen LogP contribution is -2.42. The van der Waals surface area contributed by atoms with Gasteiger partial charge in [0.05, 0.1) is 16.8 Å². The molecule has 1 aliphatic rings. The highest BCUT2D eigenvalue weighted by molar-refractivity contribution is 6.62. The van der Waals surface area contributed by atoms with Gasteiger partial charge in [-0.15, -0.1) is 0 Å². The second-order valence-electron chi connectivity index (χ2n) is 8.14. The van der Waals surface area contributed by atoms with E-state index < -0.39 is 36.2 Å². The summed E-state index contributed by atoms with van der Waals surface area (Å²) in [5.41, 5.74) is 1.10. The number of carbonyl (C=O) groups excluding carboxylic acids is 1. The molecule has 29 heavy (non-hydrogen) atoms. The molecule has 2 N–H and O–H groups in total. The largest absolute Gasteiger partial charge is 0.494 e. The van der Waals surface area contributed by atoms with Crippen LogP contribution in [0.4, 0.5) is 0 Å². The van der Waals surface area contributed by atoms with Crippen molar-refractivity contribution in [1.82, 2.24) is 10.3 Å². The van der Waals surface area contributed by atoms with Crippen LogP contribution in [-0.4, -0.2) is 46.3 Å². The summed E-state index contributed by atoms with van der Waals surface area (Å²) in [5.74, 6) is -1.57. The van der Waals surface area contributed by atoms with E-state index >= 15 is 0 Å². The van der Waals surface area contributed by atoms with Crippen molar-refractivity contribution in [2.75, 3.05) is 0 Å². The monoisotopic (exact) mass is 396 g/mol. The third kappa shape index (κ3) is 4.66. The zero-order valence-corrected chi connectivity index (χ0v) is 17.0. The molecule has 2 heterocycles. The number of carboxylic acids is 1. The Hall–Kier alpha value is -2.71. The summed E-state index contributed by atoms with van der Waals surface area (Å²) in [6.45, 7) is 7.96. The molecule has 1 amide bonds. The number of aliphatic carboxylic acids is 1. The molecule has 0 saturated carbocycles. The Bertz CT molecular complexity index is 868. The lowest BCUT2D eigenvalue weighted by atomic mass is 9.78. The van der Waals surface area contributed by atoms with E-state index in [4.69, 9.17) is 9.31 Å². The van der Waals surface area contributed by atoms with E-state index in [-0.39, 0.29) is 6.42 Å².